The zero-order valence-electron chi connectivity index (χ0n) is 15.6. The molecule has 2 N–H and O–H groups in total. The van der Waals surface area contributed by atoms with E-state index in [1.165, 1.54) is 0 Å². The predicted octanol–water partition coefficient (Wildman–Crippen LogP) is 4.58. The van der Waals surface area contributed by atoms with Crippen molar-refractivity contribution in [3.63, 3.8) is 0 Å². The molecule has 0 aromatic heterocycles. The molecule has 5 nitrogen and oxygen atoms in total. The molecule has 3 aromatic rings. The Balaban J connectivity index is 2.14. The van der Waals surface area contributed by atoms with Gasteiger partial charge in [-0.05, 0) is 19.1 Å². The van der Waals surface area contributed by atoms with Crippen molar-refractivity contribution in [2.45, 2.75) is 6.92 Å². The molecule has 138 valence electrons. The van der Waals surface area contributed by atoms with Gasteiger partial charge in [0.15, 0.2) is 0 Å². The van der Waals surface area contributed by atoms with E-state index in [-0.39, 0.29) is 5.75 Å². The Kier molecular flexibility index (Phi) is 5.61. The average Bonchev–Trinajstić information content (AvgIpc) is 2.70. The Labute approximate surface area is 158 Å². The quantitative estimate of drug-likeness (QED) is 0.498. The van der Waals surface area contributed by atoms with E-state index in [2.05, 4.69) is 10.5 Å². The highest BCUT2D eigenvalue weighted by atomic mass is 16.5. The molecular weight excluding hydrogens is 340 g/mol. The van der Waals surface area contributed by atoms with Crippen molar-refractivity contribution in [3.05, 3.63) is 83.4 Å². The van der Waals surface area contributed by atoms with Gasteiger partial charge in [-0.1, -0.05) is 48.0 Å². The molecule has 3 aromatic carbocycles. The molecular formula is C22H22N2O3. The number of phenolic OH excluding ortho intramolecular Hbond substituents is 1. The number of phenols is 1. The first-order valence-corrected chi connectivity index (χ1v) is 8.53. The lowest BCUT2D eigenvalue weighted by Crippen LogP contribution is -2.09. The van der Waals surface area contributed by atoms with Gasteiger partial charge in [0.1, 0.15) is 23.0 Å². The van der Waals surface area contributed by atoms with Gasteiger partial charge < -0.3 is 14.6 Å². The number of benzene rings is 3. The number of hydrazone groups is 1. The molecule has 0 saturated heterocycles. The molecule has 0 bridgehead atoms. The van der Waals surface area contributed by atoms with Crippen LogP contribution in [0.1, 0.15) is 16.7 Å². The number of methoxy groups -OCH3 is 2. The van der Waals surface area contributed by atoms with E-state index < -0.39 is 0 Å². The zero-order valence-corrected chi connectivity index (χ0v) is 15.6. The SMILES string of the molecule is COc1cc(O)c(/C(=N/Nc2ccccc2)c2ccc(C)cc2)c(OC)c1. The van der Waals surface area contributed by atoms with E-state index in [0.717, 1.165) is 16.8 Å². The molecule has 0 saturated carbocycles. The molecule has 3 rings (SSSR count). The number of nitrogens with one attached hydrogen (secondary N) is 1. The summed E-state index contributed by atoms with van der Waals surface area (Å²) < 4.78 is 10.7. The monoisotopic (exact) mass is 362 g/mol. The van der Waals surface area contributed by atoms with Crippen molar-refractivity contribution < 1.29 is 14.6 Å². The highest BCUT2D eigenvalue weighted by Gasteiger charge is 2.19. The highest BCUT2D eigenvalue weighted by Crippen LogP contribution is 2.35. The van der Waals surface area contributed by atoms with E-state index in [9.17, 15) is 5.11 Å². The minimum atomic E-state index is 0.0281. The second kappa shape index (κ2) is 8.27. The van der Waals surface area contributed by atoms with Crippen LogP contribution in [-0.2, 0) is 0 Å². The molecule has 0 radical (unpaired) electrons. The number of anilines is 1. The Hall–Kier alpha value is -3.47. The lowest BCUT2D eigenvalue weighted by atomic mass is 9.99. The van der Waals surface area contributed by atoms with Gasteiger partial charge in [0.2, 0.25) is 0 Å². The lowest BCUT2D eigenvalue weighted by Gasteiger charge is -2.15. The molecule has 27 heavy (non-hydrogen) atoms. The van der Waals surface area contributed by atoms with Crippen LogP contribution in [0.15, 0.2) is 71.8 Å². The summed E-state index contributed by atoms with van der Waals surface area (Å²) >= 11 is 0. The van der Waals surface area contributed by atoms with E-state index in [0.29, 0.717) is 22.8 Å². The molecule has 0 aliphatic carbocycles. The molecule has 0 aliphatic rings. The minimum Gasteiger partial charge on any atom is -0.507 e. The average molecular weight is 362 g/mol. The third kappa shape index (κ3) is 4.20. The van der Waals surface area contributed by atoms with Crippen molar-refractivity contribution in [1.82, 2.24) is 0 Å². The zero-order chi connectivity index (χ0) is 19.2. The van der Waals surface area contributed by atoms with Crippen LogP contribution in [0.25, 0.3) is 0 Å². The number of nitrogens with zero attached hydrogens (tertiary/aromatic N) is 1. The standard InChI is InChI=1S/C22H22N2O3/c1-15-9-11-16(12-10-15)22(24-23-17-7-5-4-6-8-17)21-19(25)13-18(26-2)14-20(21)27-3/h4-14,23,25H,1-3H3/b24-22+. The Morgan fingerprint density at radius 1 is 0.926 bits per heavy atom. The van der Waals surface area contributed by atoms with Gasteiger partial charge in [-0.2, -0.15) is 5.10 Å². The number of aryl methyl sites for hydroxylation is 1. The van der Waals surface area contributed by atoms with Crippen LogP contribution in [0.3, 0.4) is 0 Å². The van der Waals surface area contributed by atoms with Gasteiger partial charge in [0.25, 0.3) is 0 Å². The lowest BCUT2D eigenvalue weighted by molar-refractivity contribution is 0.384. The second-order valence-electron chi connectivity index (χ2n) is 6.03. The van der Waals surface area contributed by atoms with Gasteiger partial charge >= 0.3 is 0 Å². The fourth-order valence-electron chi connectivity index (χ4n) is 2.70. The van der Waals surface area contributed by atoms with Crippen molar-refractivity contribution in [2.24, 2.45) is 5.10 Å². The van der Waals surface area contributed by atoms with Crippen LogP contribution in [0.2, 0.25) is 0 Å². The number of hydrogen-bond acceptors (Lipinski definition) is 5. The van der Waals surface area contributed by atoms with Crippen molar-refractivity contribution >= 4 is 11.4 Å². The van der Waals surface area contributed by atoms with E-state index >= 15 is 0 Å². The van der Waals surface area contributed by atoms with Crippen LogP contribution < -0.4 is 14.9 Å². The molecule has 0 spiro atoms. The smallest absolute Gasteiger partial charge is 0.135 e. The fraction of sp³-hybridized carbons (Fsp3) is 0.136. The van der Waals surface area contributed by atoms with Crippen molar-refractivity contribution in [1.29, 1.82) is 0 Å². The summed E-state index contributed by atoms with van der Waals surface area (Å²) in [6.45, 7) is 2.02. The normalized spacial score (nSPS) is 11.1. The van der Waals surface area contributed by atoms with Crippen LogP contribution in [-0.4, -0.2) is 25.0 Å². The van der Waals surface area contributed by atoms with Gasteiger partial charge in [-0.3, -0.25) is 5.43 Å². The van der Waals surface area contributed by atoms with E-state index in [1.807, 2.05) is 61.5 Å². The molecule has 0 fully saturated rings. The largest absolute Gasteiger partial charge is 0.507 e. The Morgan fingerprint density at radius 2 is 1.63 bits per heavy atom. The Morgan fingerprint density at radius 3 is 2.26 bits per heavy atom. The summed E-state index contributed by atoms with van der Waals surface area (Å²) in [4.78, 5) is 0. The second-order valence-corrected chi connectivity index (χ2v) is 6.03. The summed E-state index contributed by atoms with van der Waals surface area (Å²) in [5.41, 5.74) is 6.94. The molecule has 5 heteroatoms. The third-order valence-electron chi connectivity index (χ3n) is 4.14. The number of hydrogen-bond donors (Lipinski definition) is 2. The summed E-state index contributed by atoms with van der Waals surface area (Å²) in [6, 6.07) is 20.8. The first-order valence-electron chi connectivity index (χ1n) is 8.53. The number of rotatable bonds is 6. The predicted molar refractivity (Wildman–Crippen MR) is 108 cm³/mol. The number of para-hydroxylation sites is 1. The molecule has 0 atom stereocenters. The minimum absolute atomic E-state index is 0.0281. The van der Waals surface area contributed by atoms with Crippen molar-refractivity contribution in [2.75, 3.05) is 19.6 Å². The molecule has 0 unspecified atom stereocenters. The van der Waals surface area contributed by atoms with Gasteiger partial charge in [0, 0.05) is 17.7 Å². The van der Waals surface area contributed by atoms with Crippen LogP contribution >= 0.6 is 0 Å². The van der Waals surface area contributed by atoms with Crippen molar-refractivity contribution in [3.8, 4) is 17.2 Å². The van der Waals surface area contributed by atoms with Gasteiger partial charge in [-0.25, -0.2) is 0 Å². The molecule has 0 heterocycles. The van der Waals surface area contributed by atoms with Gasteiger partial charge in [0.05, 0.1) is 25.5 Å². The number of ether oxygens (including phenoxy) is 2. The highest BCUT2D eigenvalue weighted by molar-refractivity contribution is 6.16. The molecule has 0 amide bonds. The van der Waals surface area contributed by atoms with Crippen LogP contribution in [0.4, 0.5) is 5.69 Å². The summed E-state index contributed by atoms with van der Waals surface area (Å²) in [7, 11) is 3.09. The molecule has 0 aliphatic heterocycles. The van der Waals surface area contributed by atoms with Crippen LogP contribution in [0.5, 0.6) is 17.2 Å². The van der Waals surface area contributed by atoms with Gasteiger partial charge in [-0.15, -0.1) is 0 Å². The fourth-order valence-corrected chi connectivity index (χ4v) is 2.70. The topological polar surface area (TPSA) is 63.1 Å². The maximum absolute atomic E-state index is 10.6. The summed E-state index contributed by atoms with van der Waals surface area (Å²) in [5, 5.41) is 15.2. The maximum atomic E-state index is 10.6. The summed E-state index contributed by atoms with van der Waals surface area (Å²) in [6.07, 6.45) is 0. The number of aromatic hydroxyl groups is 1. The van der Waals surface area contributed by atoms with E-state index in [4.69, 9.17) is 9.47 Å². The first-order chi connectivity index (χ1) is 13.1. The van der Waals surface area contributed by atoms with Crippen LogP contribution in [0, 0.1) is 6.92 Å². The first kappa shape index (κ1) is 18.3. The van der Waals surface area contributed by atoms with E-state index in [1.54, 1.807) is 26.4 Å². The Bertz CT molecular complexity index is 936. The maximum Gasteiger partial charge on any atom is 0.135 e. The summed E-state index contributed by atoms with van der Waals surface area (Å²) in [5.74, 6) is 1.01. The third-order valence-corrected chi connectivity index (χ3v) is 4.14.